The summed E-state index contributed by atoms with van der Waals surface area (Å²) in [6, 6.07) is 5.25. The van der Waals surface area contributed by atoms with Crippen molar-refractivity contribution in [2.45, 2.75) is 25.4 Å². The number of ether oxygens (including phenoxy) is 2. The molecule has 0 saturated carbocycles. The third-order valence-corrected chi connectivity index (χ3v) is 3.24. The van der Waals surface area contributed by atoms with Crippen LogP contribution in [0.25, 0.3) is 0 Å². The van der Waals surface area contributed by atoms with Gasteiger partial charge >= 0.3 is 0 Å². The van der Waals surface area contributed by atoms with Gasteiger partial charge in [0.25, 0.3) is 0 Å². The molecule has 0 aromatic heterocycles. The Bertz CT molecular complexity index is 516. The first-order valence-corrected chi connectivity index (χ1v) is 6.42. The first-order chi connectivity index (χ1) is 9.63. The minimum atomic E-state index is -0.333. The lowest BCUT2D eigenvalue weighted by Gasteiger charge is -2.22. The van der Waals surface area contributed by atoms with E-state index in [4.69, 9.17) is 9.47 Å². The zero-order valence-corrected chi connectivity index (χ0v) is 11.6. The summed E-state index contributed by atoms with van der Waals surface area (Å²) in [7, 11) is 3.16. The summed E-state index contributed by atoms with van der Waals surface area (Å²) in [6.07, 6.45) is 0.896. The molecule has 2 rings (SSSR count). The van der Waals surface area contributed by atoms with Crippen LogP contribution in [-0.4, -0.2) is 32.1 Å². The molecule has 1 aromatic rings. The zero-order valence-electron chi connectivity index (χ0n) is 11.6. The average Bonchev–Trinajstić information content (AvgIpc) is 2.46. The van der Waals surface area contributed by atoms with E-state index in [0.717, 1.165) is 5.56 Å². The molecule has 1 heterocycles. The Hall–Kier alpha value is -2.08. The van der Waals surface area contributed by atoms with Crippen molar-refractivity contribution in [3.8, 4) is 11.5 Å². The molecule has 1 aliphatic rings. The minimum absolute atomic E-state index is 0.209. The third-order valence-electron chi connectivity index (χ3n) is 3.24. The molecule has 0 spiro atoms. The van der Waals surface area contributed by atoms with E-state index in [2.05, 4.69) is 10.6 Å². The maximum absolute atomic E-state index is 11.6. The van der Waals surface area contributed by atoms with Gasteiger partial charge in [0.2, 0.25) is 11.8 Å². The van der Waals surface area contributed by atoms with Crippen molar-refractivity contribution in [2.75, 3.05) is 14.2 Å². The van der Waals surface area contributed by atoms with E-state index in [1.54, 1.807) is 14.2 Å². The Labute approximate surface area is 117 Å². The molecule has 6 nitrogen and oxygen atoms in total. The summed E-state index contributed by atoms with van der Waals surface area (Å²) in [6.45, 7) is 0.520. The number of methoxy groups -OCH3 is 2. The summed E-state index contributed by atoms with van der Waals surface area (Å²) >= 11 is 0. The lowest BCUT2D eigenvalue weighted by molar-refractivity contribution is -0.134. The van der Waals surface area contributed by atoms with Crippen LogP contribution in [0.4, 0.5) is 0 Å². The smallest absolute Gasteiger partial charge is 0.243 e. The fourth-order valence-corrected chi connectivity index (χ4v) is 2.12. The van der Waals surface area contributed by atoms with Gasteiger partial charge in [-0.25, -0.2) is 0 Å². The molecule has 2 N–H and O–H groups in total. The molecule has 1 atom stereocenters. The molecule has 0 bridgehead atoms. The van der Waals surface area contributed by atoms with Gasteiger partial charge in [-0.15, -0.1) is 0 Å². The molecule has 108 valence electrons. The van der Waals surface area contributed by atoms with Gasteiger partial charge in [0.1, 0.15) is 0 Å². The highest BCUT2D eigenvalue weighted by Gasteiger charge is 2.25. The van der Waals surface area contributed by atoms with E-state index in [0.29, 0.717) is 30.9 Å². The van der Waals surface area contributed by atoms with Crippen molar-refractivity contribution < 1.29 is 19.1 Å². The fourth-order valence-electron chi connectivity index (χ4n) is 2.12. The lowest BCUT2D eigenvalue weighted by atomic mass is 10.1. The van der Waals surface area contributed by atoms with E-state index in [1.807, 2.05) is 18.2 Å². The second-order valence-corrected chi connectivity index (χ2v) is 4.57. The lowest BCUT2D eigenvalue weighted by Crippen LogP contribution is -2.50. The topological polar surface area (TPSA) is 76.7 Å². The molecule has 1 saturated heterocycles. The van der Waals surface area contributed by atoms with E-state index in [-0.39, 0.29) is 17.9 Å². The number of rotatable bonds is 5. The summed E-state index contributed by atoms with van der Waals surface area (Å²) in [5.41, 5.74) is 0.979. The van der Waals surface area contributed by atoms with Crippen molar-refractivity contribution in [1.82, 2.24) is 10.6 Å². The highest BCUT2D eigenvalue weighted by Crippen LogP contribution is 2.27. The number of nitrogens with one attached hydrogen (secondary N) is 2. The van der Waals surface area contributed by atoms with Crippen LogP contribution in [0.3, 0.4) is 0 Å². The Kier molecular flexibility index (Phi) is 4.57. The van der Waals surface area contributed by atoms with Gasteiger partial charge in [0.05, 0.1) is 20.3 Å². The number of hydrogen-bond acceptors (Lipinski definition) is 5. The molecule has 1 fully saturated rings. The van der Waals surface area contributed by atoms with E-state index in [9.17, 15) is 9.59 Å². The van der Waals surface area contributed by atoms with Crippen molar-refractivity contribution in [2.24, 2.45) is 0 Å². The highest BCUT2D eigenvalue weighted by molar-refractivity contribution is 6.00. The van der Waals surface area contributed by atoms with Crippen molar-refractivity contribution >= 4 is 11.8 Å². The van der Waals surface area contributed by atoms with Crippen LogP contribution in [0.15, 0.2) is 18.2 Å². The summed E-state index contributed by atoms with van der Waals surface area (Å²) < 4.78 is 10.4. The second-order valence-electron chi connectivity index (χ2n) is 4.57. The first-order valence-electron chi connectivity index (χ1n) is 6.42. The van der Waals surface area contributed by atoms with E-state index < -0.39 is 0 Å². The van der Waals surface area contributed by atoms with Crippen LogP contribution in [0, 0.1) is 0 Å². The van der Waals surface area contributed by atoms with Crippen LogP contribution < -0.4 is 20.1 Å². The Balaban J connectivity index is 1.97. The van der Waals surface area contributed by atoms with Gasteiger partial charge in [-0.05, 0) is 24.1 Å². The molecule has 2 amide bonds. The van der Waals surface area contributed by atoms with E-state index in [1.165, 1.54) is 0 Å². The zero-order chi connectivity index (χ0) is 14.5. The Morgan fingerprint density at radius 2 is 2.00 bits per heavy atom. The number of imide groups is 1. The predicted octanol–water partition coefficient (Wildman–Crippen LogP) is 0.599. The normalized spacial score (nSPS) is 18.6. The monoisotopic (exact) mass is 278 g/mol. The predicted molar refractivity (Wildman–Crippen MR) is 72.6 cm³/mol. The summed E-state index contributed by atoms with van der Waals surface area (Å²) in [5.74, 6) is 0.841. The Morgan fingerprint density at radius 3 is 2.65 bits per heavy atom. The van der Waals surface area contributed by atoms with Crippen LogP contribution in [-0.2, 0) is 16.1 Å². The molecule has 1 aromatic carbocycles. The first kappa shape index (κ1) is 14.3. The maximum atomic E-state index is 11.6. The minimum Gasteiger partial charge on any atom is -0.493 e. The van der Waals surface area contributed by atoms with Crippen LogP contribution >= 0.6 is 0 Å². The number of carbonyl (C=O) groups excluding carboxylic acids is 2. The molecular weight excluding hydrogens is 260 g/mol. The molecule has 1 aliphatic heterocycles. The van der Waals surface area contributed by atoms with Gasteiger partial charge in [0, 0.05) is 13.0 Å². The van der Waals surface area contributed by atoms with Gasteiger partial charge in [-0.1, -0.05) is 6.07 Å². The van der Waals surface area contributed by atoms with Crippen molar-refractivity contribution in [3.63, 3.8) is 0 Å². The highest BCUT2D eigenvalue weighted by atomic mass is 16.5. The van der Waals surface area contributed by atoms with Gasteiger partial charge < -0.3 is 14.8 Å². The Morgan fingerprint density at radius 1 is 1.25 bits per heavy atom. The fraction of sp³-hybridized carbons (Fsp3) is 0.429. The van der Waals surface area contributed by atoms with Crippen LogP contribution in [0.5, 0.6) is 11.5 Å². The van der Waals surface area contributed by atoms with Crippen molar-refractivity contribution in [3.05, 3.63) is 23.8 Å². The molecular formula is C14H18N2O4. The standard InChI is InChI=1S/C14H18N2O4/c1-19-11-5-3-9(7-12(11)20-2)8-15-10-4-6-13(17)16-14(10)18/h3,5,7,10,15H,4,6,8H2,1-2H3,(H,16,17,18). The number of amides is 2. The number of piperidine rings is 1. The number of benzene rings is 1. The van der Waals surface area contributed by atoms with Crippen molar-refractivity contribution in [1.29, 1.82) is 0 Å². The van der Waals surface area contributed by atoms with Gasteiger partial charge in [-0.3, -0.25) is 14.9 Å². The average molecular weight is 278 g/mol. The number of carbonyl (C=O) groups is 2. The molecule has 6 heteroatoms. The van der Waals surface area contributed by atoms with Crippen LogP contribution in [0.2, 0.25) is 0 Å². The van der Waals surface area contributed by atoms with Gasteiger partial charge in [0.15, 0.2) is 11.5 Å². The second kappa shape index (κ2) is 6.38. The quantitative estimate of drug-likeness (QED) is 0.771. The summed E-state index contributed by atoms with van der Waals surface area (Å²) in [4.78, 5) is 22.7. The third kappa shape index (κ3) is 3.27. The van der Waals surface area contributed by atoms with E-state index >= 15 is 0 Å². The maximum Gasteiger partial charge on any atom is 0.243 e. The molecule has 20 heavy (non-hydrogen) atoms. The molecule has 0 aliphatic carbocycles. The van der Waals surface area contributed by atoms with Gasteiger partial charge in [-0.2, -0.15) is 0 Å². The summed E-state index contributed by atoms with van der Waals surface area (Å²) in [5, 5.41) is 5.46. The molecule has 1 unspecified atom stereocenters. The van der Waals surface area contributed by atoms with Crippen LogP contribution in [0.1, 0.15) is 18.4 Å². The largest absolute Gasteiger partial charge is 0.493 e. The number of hydrogen-bond donors (Lipinski definition) is 2. The SMILES string of the molecule is COc1ccc(CNC2CCC(=O)NC2=O)cc1OC. The molecule has 0 radical (unpaired) electrons.